The Morgan fingerprint density at radius 2 is 1.55 bits per heavy atom. The quantitative estimate of drug-likeness (QED) is 0.562. The van der Waals surface area contributed by atoms with E-state index in [9.17, 15) is 0 Å². The molecule has 0 aromatic heterocycles. The highest BCUT2D eigenvalue weighted by molar-refractivity contribution is 5.39. The molecular formula is C19H25N. The molecule has 2 N–H and O–H groups in total. The minimum Gasteiger partial charge on any atom is -0.399 e. The van der Waals surface area contributed by atoms with Crippen molar-refractivity contribution in [3.63, 3.8) is 0 Å². The molecule has 0 saturated carbocycles. The summed E-state index contributed by atoms with van der Waals surface area (Å²) < 4.78 is 0. The van der Waals surface area contributed by atoms with E-state index in [4.69, 9.17) is 5.73 Å². The van der Waals surface area contributed by atoms with Crippen LogP contribution in [0.3, 0.4) is 0 Å². The molecule has 0 spiro atoms. The molecule has 0 aliphatic rings. The van der Waals surface area contributed by atoms with Gasteiger partial charge in [0.15, 0.2) is 0 Å². The number of nitrogens with two attached hydrogens (primary N) is 1. The van der Waals surface area contributed by atoms with Gasteiger partial charge in [0.25, 0.3) is 0 Å². The molecule has 0 fully saturated rings. The molecule has 20 heavy (non-hydrogen) atoms. The summed E-state index contributed by atoms with van der Waals surface area (Å²) >= 11 is 0. The van der Waals surface area contributed by atoms with Crippen LogP contribution in [0, 0.1) is 5.92 Å². The normalized spacial score (nSPS) is 12.2. The summed E-state index contributed by atoms with van der Waals surface area (Å²) in [4.78, 5) is 0. The van der Waals surface area contributed by atoms with E-state index in [1.54, 1.807) is 0 Å². The summed E-state index contributed by atoms with van der Waals surface area (Å²) in [5.41, 5.74) is 9.42. The van der Waals surface area contributed by atoms with Crippen molar-refractivity contribution < 1.29 is 0 Å². The fourth-order valence-electron chi connectivity index (χ4n) is 2.62. The molecule has 0 heterocycles. The van der Waals surface area contributed by atoms with E-state index < -0.39 is 0 Å². The lowest BCUT2D eigenvalue weighted by molar-refractivity contribution is 0.496. The first-order chi connectivity index (χ1) is 9.74. The van der Waals surface area contributed by atoms with Crippen LogP contribution in [0.25, 0.3) is 0 Å². The Kier molecular flexibility index (Phi) is 5.67. The molecule has 1 nitrogen and oxygen atoms in total. The molecule has 1 heteroatoms. The van der Waals surface area contributed by atoms with Gasteiger partial charge >= 0.3 is 0 Å². The van der Waals surface area contributed by atoms with E-state index in [1.165, 1.54) is 36.8 Å². The molecule has 2 aromatic carbocycles. The van der Waals surface area contributed by atoms with Crippen LogP contribution in [0.2, 0.25) is 0 Å². The van der Waals surface area contributed by atoms with Crippen molar-refractivity contribution in [2.45, 2.75) is 39.0 Å². The summed E-state index contributed by atoms with van der Waals surface area (Å²) in [6, 6.07) is 19.1. The first-order valence-electron chi connectivity index (χ1n) is 7.62. The second kappa shape index (κ2) is 7.74. The first-order valence-corrected chi connectivity index (χ1v) is 7.62. The lowest BCUT2D eigenvalue weighted by atomic mass is 9.95. The van der Waals surface area contributed by atoms with E-state index >= 15 is 0 Å². The molecule has 1 atom stereocenters. The largest absolute Gasteiger partial charge is 0.399 e. The van der Waals surface area contributed by atoms with Crippen molar-refractivity contribution in [2.75, 3.05) is 5.73 Å². The third-order valence-electron chi connectivity index (χ3n) is 3.82. The van der Waals surface area contributed by atoms with Crippen LogP contribution in [0.1, 0.15) is 37.3 Å². The van der Waals surface area contributed by atoms with Crippen molar-refractivity contribution in [3.8, 4) is 0 Å². The Balaban J connectivity index is 1.65. The van der Waals surface area contributed by atoms with E-state index in [0.717, 1.165) is 18.0 Å². The zero-order valence-electron chi connectivity index (χ0n) is 12.4. The van der Waals surface area contributed by atoms with Gasteiger partial charge in [-0.05, 0) is 48.4 Å². The fraction of sp³-hybridized carbons (Fsp3) is 0.368. The Labute approximate surface area is 122 Å². The van der Waals surface area contributed by atoms with Gasteiger partial charge in [-0.3, -0.25) is 0 Å². The SMILES string of the molecule is CC(CCCCc1ccccc1)Cc1ccc(N)cc1. The lowest BCUT2D eigenvalue weighted by Gasteiger charge is -2.11. The maximum absolute atomic E-state index is 5.71. The van der Waals surface area contributed by atoms with Crippen LogP contribution in [0.4, 0.5) is 5.69 Å². The zero-order chi connectivity index (χ0) is 14.2. The number of nitrogen functional groups attached to an aromatic ring is 1. The van der Waals surface area contributed by atoms with Crippen molar-refractivity contribution in [2.24, 2.45) is 5.92 Å². The highest BCUT2D eigenvalue weighted by Crippen LogP contribution is 2.17. The minimum atomic E-state index is 0.745. The monoisotopic (exact) mass is 267 g/mol. The van der Waals surface area contributed by atoms with E-state index in [0.29, 0.717) is 0 Å². The molecule has 0 aliphatic carbocycles. The van der Waals surface area contributed by atoms with Crippen molar-refractivity contribution in [3.05, 3.63) is 65.7 Å². The van der Waals surface area contributed by atoms with Crippen LogP contribution in [0.5, 0.6) is 0 Å². The molecule has 106 valence electrons. The summed E-state index contributed by atoms with van der Waals surface area (Å²) in [5.74, 6) is 0.745. The number of anilines is 1. The molecule has 2 rings (SSSR count). The standard InChI is InChI=1S/C19H25N/c1-16(15-18-11-13-19(20)14-12-18)7-5-6-10-17-8-3-2-4-9-17/h2-4,8-9,11-14,16H,5-7,10,15,20H2,1H3. The number of rotatable bonds is 7. The van der Waals surface area contributed by atoms with Crippen molar-refractivity contribution >= 4 is 5.69 Å². The van der Waals surface area contributed by atoms with Gasteiger partial charge in [0.05, 0.1) is 0 Å². The van der Waals surface area contributed by atoms with Gasteiger partial charge in [-0.15, -0.1) is 0 Å². The topological polar surface area (TPSA) is 26.0 Å². The van der Waals surface area contributed by atoms with Crippen LogP contribution in [-0.2, 0) is 12.8 Å². The van der Waals surface area contributed by atoms with Crippen molar-refractivity contribution in [1.82, 2.24) is 0 Å². The van der Waals surface area contributed by atoms with E-state index in [-0.39, 0.29) is 0 Å². The van der Waals surface area contributed by atoms with Crippen molar-refractivity contribution in [1.29, 1.82) is 0 Å². The van der Waals surface area contributed by atoms with Gasteiger partial charge in [-0.25, -0.2) is 0 Å². The van der Waals surface area contributed by atoms with E-state index in [1.807, 2.05) is 12.1 Å². The number of benzene rings is 2. The number of unbranched alkanes of at least 4 members (excludes halogenated alkanes) is 1. The number of hydrogen-bond acceptors (Lipinski definition) is 1. The predicted molar refractivity (Wildman–Crippen MR) is 87.7 cm³/mol. The second-order valence-electron chi connectivity index (χ2n) is 5.78. The molecule has 0 bridgehead atoms. The lowest BCUT2D eigenvalue weighted by Crippen LogP contribution is -2.00. The molecule has 0 aliphatic heterocycles. The Morgan fingerprint density at radius 3 is 2.25 bits per heavy atom. The number of hydrogen-bond donors (Lipinski definition) is 1. The van der Waals surface area contributed by atoms with Gasteiger partial charge in [0.2, 0.25) is 0 Å². The second-order valence-corrected chi connectivity index (χ2v) is 5.78. The smallest absolute Gasteiger partial charge is 0.0314 e. The molecular weight excluding hydrogens is 242 g/mol. The van der Waals surface area contributed by atoms with Crippen LogP contribution >= 0.6 is 0 Å². The molecule has 0 amide bonds. The van der Waals surface area contributed by atoms with Crippen LogP contribution in [0.15, 0.2) is 54.6 Å². The Morgan fingerprint density at radius 1 is 0.850 bits per heavy atom. The summed E-state index contributed by atoms with van der Waals surface area (Å²) in [5, 5.41) is 0. The van der Waals surface area contributed by atoms with Gasteiger partial charge in [0.1, 0.15) is 0 Å². The molecule has 1 unspecified atom stereocenters. The highest BCUT2D eigenvalue weighted by Gasteiger charge is 2.04. The van der Waals surface area contributed by atoms with Gasteiger partial charge in [-0.2, -0.15) is 0 Å². The molecule has 0 radical (unpaired) electrons. The maximum Gasteiger partial charge on any atom is 0.0314 e. The molecule has 2 aromatic rings. The Bertz CT molecular complexity index is 487. The molecule has 0 saturated heterocycles. The third kappa shape index (κ3) is 5.08. The van der Waals surface area contributed by atoms with Gasteiger partial charge in [-0.1, -0.05) is 62.2 Å². The summed E-state index contributed by atoms with van der Waals surface area (Å²) in [7, 11) is 0. The average Bonchev–Trinajstić information content (AvgIpc) is 2.47. The number of aryl methyl sites for hydroxylation is 1. The van der Waals surface area contributed by atoms with Gasteiger partial charge < -0.3 is 5.73 Å². The first kappa shape index (κ1) is 14.6. The summed E-state index contributed by atoms with van der Waals surface area (Å²) in [6.07, 6.45) is 6.26. The summed E-state index contributed by atoms with van der Waals surface area (Å²) in [6.45, 7) is 2.35. The maximum atomic E-state index is 5.71. The van der Waals surface area contributed by atoms with Crippen LogP contribution < -0.4 is 5.73 Å². The van der Waals surface area contributed by atoms with Crippen LogP contribution in [-0.4, -0.2) is 0 Å². The predicted octanol–water partition coefficient (Wildman–Crippen LogP) is 4.86. The fourth-order valence-corrected chi connectivity index (χ4v) is 2.62. The average molecular weight is 267 g/mol. The zero-order valence-corrected chi connectivity index (χ0v) is 12.4. The Hall–Kier alpha value is -1.76. The van der Waals surface area contributed by atoms with Gasteiger partial charge in [0, 0.05) is 5.69 Å². The van der Waals surface area contributed by atoms with E-state index in [2.05, 4.69) is 49.4 Å². The minimum absolute atomic E-state index is 0.745. The highest BCUT2D eigenvalue weighted by atomic mass is 14.5. The third-order valence-corrected chi connectivity index (χ3v) is 3.82.